The highest BCUT2D eigenvalue weighted by molar-refractivity contribution is 5.94. The average molecular weight is 289 g/mol. The minimum atomic E-state index is -0.229. The summed E-state index contributed by atoms with van der Waals surface area (Å²) in [5.74, 6) is 0.500. The molecule has 1 aromatic rings. The molecule has 1 saturated heterocycles. The van der Waals surface area contributed by atoms with Crippen molar-refractivity contribution in [2.24, 2.45) is 5.92 Å². The number of pyridine rings is 1. The van der Waals surface area contributed by atoms with Crippen molar-refractivity contribution in [1.82, 2.24) is 14.8 Å². The molecular weight excluding hydrogens is 266 g/mol. The van der Waals surface area contributed by atoms with Gasteiger partial charge >= 0.3 is 0 Å². The van der Waals surface area contributed by atoms with Crippen LogP contribution in [0.2, 0.25) is 0 Å². The van der Waals surface area contributed by atoms with Crippen molar-refractivity contribution in [1.29, 1.82) is 0 Å². The van der Waals surface area contributed by atoms with Crippen molar-refractivity contribution < 1.29 is 4.79 Å². The Bertz CT molecular complexity index is 600. The van der Waals surface area contributed by atoms with Gasteiger partial charge in [0.25, 0.3) is 11.5 Å². The second-order valence-corrected chi connectivity index (χ2v) is 6.46. The van der Waals surface area contributed by atoms with Gasteiger partial charge < -0.3 is 14.8 Å². The molecule has 1 aromatic heterocycles. The van der Waals surface area contributed by atoms with E-state index in [2.05, 4.69) is 23.9 Å². The number of carbonyl (C=O) groups excluding carboxylic acids is 1. The summed E-state index contributed by atoms with van der Waals surface area (Å²) in [6.45, 7) is 5.35. The fourth-order valence-corrected chi connectivity index (χ4v) is 3.22. The number of aromatic amines is 1. The Morgan fingerprint density at radius 2 is 2.00 bits per heavy atom. The van der Waals surface area contributed by atoms with E-state index in [4.69, 9.17) is 0 Å². The Balaban J connectivity index is 1.86. The third-order valence-corrected chi connectivity index (χ3v) is 4.69. The molecule has 1 fully saturated rings. The fourth-order valence-electron chi connectivity index (χ4n) is 3.22. The van der Waals surface area contributed by atoms with E-state index in [1.165, 1.54) is 0 Å². The van der Waals surface area contributed by atoms with Crippen molar-refractivity contribution >= 4 is 5.91 Å². The predicted octanol–water partition coefficient (Wildman–Crippen LogP) is 0.887. The van der Waals surface area contributed by atoms with Gasteiger partial charge in [-0.25, -0.2) is 0 Å². The van der Waals surface area contributed by atoms with E-state index < -0.39 is 0 Å². The molecule has 0 radical (unpaired) electrons. The monoisotopic (exact) mass is 289 g/mol. The molecule has 0 saturated carbocycles. The molecule has 0 bridgehead atoms. The van der Waals surface area contributed by atoms with Crippen molar-refractivity contribution in [2.75, 3.05) is 33.2 Å². The lowest BCUT2D eigenvalue weighted by Gasteiger charge is -2.32. The zero-order valence-corrected chi connectivity index (χ0v) is 12.8. The van der Waals surface area contributed by atoms with E-state index >= 15 is 0 Å². The molecule has 0 unspecified atom stereocenters. The molecule has 0 aromatic carbocycles. The van der Waals surface area contributed by atoms with Gasteiger partial charge in [0.1, 0.15) is 5.56 Å². The number of hydrogen-bond donors (Lipinski definition) is 1. The lowest BCUT2D eigenvalue weighted by molar-refractivity contribution is 0.0662. The summed E-state index contributed by atoms with van der Waals surface area (Å²) < 4.78 is 0. The summed E-state index contributed by atoms with van der Waals surface area (Å²) in [5.41, 5.74) is 2.25. The third kappa shape index (κ3) is 2.88. The number of likely N-dealkylation sites (N-methyl/N-ethyl adjacent to an activating group) is 1. The lowest BCUT2D eigenvalue weighted by atomic mass is 9.87. The van der Waals surface area contributed by atoms with Crippen LogP contribution in [0.25, 0.3) is 0 Å². The number of fused-ring (bicyclic) bond motifs is 1. The smallest absolute Gasteiger partial charge is 0.261 e. The minimum Gasteiger partial charge on any atom is -0.336 e. The molecule has 2 heterocycles. The topological polar surface area (TPSA) is 56.4 Å². The summed E-state index contributed by atoms with van der Waals surface area (Å²) in [4.78, 5) is 31.7. The maximum absolute atomic E-state index is 12.6. The number of carbonyl (C=O) groups is 1. The molecule has 0 spiro atoms. The Labute approximate surface area is 124 Å². The van der Waals surface area contributed by atoms with Gasteiger partial charge in [-0.2, -0.15) is 0 Å². The van der Waals surface area contributed by atoms with Gasteiger partial charge in [0.15, 0.2) is 0 Å². The first-order valence-corrected chi connectivity index (χ1v) is 7.77. The molecule has 2 aliphatic rings. The van der Waals surface area contributed by atoms with Crippen LogP contribution in [0.3, 0.4) is 0 Å². The molecular formula is C16H23N3O2. The average Bonchev–Trinajstić information content (AvgIpc) is 2.47. The SMILES string of the molecule is C[C@@H]1CCc2[nH]c(=O)c(C(=O)N3CCN(C)CC3)cc2C1. The van der Waals surface area contributed by atoms with E-state index in [1.807, 2.05) is 6.07 Å². The molecule has 1 N–H and O–H groups in total. The molecule has 114 valence electrons. The normalized spacial score (nSPS) is 23.0. The predicted molar refractivity (Wildman–Crippen MR) is 81.7 cm³/mol. The highest BCUT2D eigenvalue weighted by Gasteiger charge is 2.25. The maximum Gasteiger partial charge on any atom is 0.261 e. The molecule has 1 atom stereocenters. The van der Waals surface area contributed by atoms with Gasteiger partial charge in [-0.1, -0.05) is 6.92 Å². The van der Waals surface area contributed by atoms with Crippen molar-refractivity contribution in [2.45, 2.75) is 26.2 Å². The number of aromatic nitrogens is 1. The van der Waals surface area contributed by atoms with Crippen LogP contribution in [-0.4, -0.2) is 53.9 Å². The lowest BCUT2D eigenvalue weighted by Crippen LogP contribution is -2.48. The van der Waals surface area contributed by atoms with Gasteiger partial charge in [0, 0.05) is 31.9 Å². The van der Waals surface area contributed by atoms with Crippen LogP contribution in [0.4, 0.5) is 0 Å². The number of aryl methyl sites for hydroxylation is 1. The van der Waals surface area contributed by atoms with E-state index in [-0.39, 0.29) is 11.5 Å². The maximum atomic E-state index is 12.6. The van der Waals surface area contributed by atoms with Gasteiger partial charge in [-0.05, 0) is 43.9 Å². The Kier molecular flexibility index (Phi) is 3.85. The standard InChI is InChI=1S/C16H23N3O2/c1-11-3-4-14-12(9-11)10-13(15(20)17-14)16(21)19-7-5-18(2)6-8-19/h10-11H,3-9H2,1-2H3,(H,17,20)/t11-/m1/s1. The number of nitrogens with zero attached hydrogens (tertiary/aromatic N) is 2. The summed E-state index contributed by atoms with van der Waals surface area (Å²) >= 11 is 0. The Hall–Kier alpha value is -1.62. The second kappa shape index (κ2) is 5.64. The summed E-state index contributed by atoms with van der Waals surface area (Å²) in [7, 11) is 2.05. The fraction of sp³-hybridized carbons (Fsp3) is 0.625. The highest BCUT2D eigenvalue weighted by Crippen LogP contribution is 2.23. The van der Waals surface area contributed by atoms with Gasteiger partial charge in [0.05, 0.1) is 0 Å². The van der Waals surface area contributed by atoms with Crippen LogP contribution in [0, 0.1) is 5.92 Å². The molecule has 5 nitrogen and oxygen atoms in total. The van der Waals surface area contributed by atoms with E-state index in [0.717, 1.165) is 43.6 Å². The molecule has 5 heteroatoms. The molecule has 21 heavy (non-hydrogen) atoms. The van der Waals surface area contributed by atoms with Crippen LogP contribution in [0.5, 0.6) is 0 Å². The van der Waals surface area contributed by atoms with Crippen molar-refractivity contribution in [3.8, 4) is 0 Å². The van der Waals surface area contributed by atoms with E-state index in [0.29, 0.717) is 24.6 Å². The number of piperazine rings is 1. The molecule has 3 rings (SSSR count). The summed E-state index contributed by atoms with van der Waals surface area (Å²) in [5, 5.41) is 0. The van der Waals surface area contributed by atoms with Crippen LogP contribution in [0.15, 0.2) is 10.9 Å². The number of rotatable bonds is 1. The number of amides is 1. The third-order valence-electron chi connectivity index (χ3n) is 4.69. The Morgan fingerprint density at radius 3 is 2.71 bits per heavy atom. The number of nitrogens with one attached hydrogen (secondary N) is 1. The molecule has 1 amide bonds. The van der Waals surface area contributed by atoms with E-state index in [1.54, 1.807) is 4.90 Å². The Morgan fingerprint density at radius 1 is 1.29 bits per heavy atom. The second-order valence-electron chi connectivity index (χ2n) is 6.46. The summed E-state index contributed by atoms with van der Waals surface area (Å²) in [6, 6.07) is 1.84. The number of H-pyrrole nitrogens is 1. The van der Waals surface area contributed by atoms with Gasteiger partial charge in [0.2, 0.25) is 0 Å². The van der Waals surface area contributed by atoms with Crippen molar-refractivity contribution in [3.05, 3.63) is 33.2 Å². The zero-order chi connectivity index (χ0) is 15.0. The number of hydrogen-bond acceptors (Lipinski definition) is 3. The molecule has 1 aliphatic heterocycles. The largest absolute Gasteiger partial charge is 0.336 e. The highest BCUT2D eigenvalue weighted by atomic mass is 16.2. The van der Waals surface area contributed by atoms with Gasteiger partial charge in [-0.3, -0.25) is 9.59 Å². The van der Waals surface area contributed by atoms with E-state index in [9.17, 15) is 9.59 Å². The molecule has 1 aliphatic carbocycles. The van der Waals surface area contributed by atoms with Crippen LogP contribution in [-0.2, 0) is 12.8 Å². The quantitative estimate of drug-likeness (QED) is 0.835. The minimum absolute atomic E-state index is 0.120. The van der Waals surface area contributed by atoms with Crippen LogP contribution in [0.1, 0.15) is 35.0 Å². The van der Waals surface area contributed by atoms with Crippen LogP contribution >= 0.6 is 0 Å². The first-order valence-electron chi connectivity index (χ1n) is 7.77. The first-order chi connectivity index (χ1) is 10.0. The summed E-state index contributed by atoms with van der Waals surface area (Å²) in [6.07, 6.45) is 2.97. The van der Waals surface area contributed by atoms with Gasteiger partial charge in [-0.15, -0.1) is 0 Å². The zero-order valence-electron chi connectivity index (χ0n) is 12.8. The first kappa shape index (κ1) is 14.3. The van der Waals surface area contributed by atoms with Crippen LogP contribution < -0.4 is 5.56 Å². The van der Waals surface area contributed by atoms with Crippen molar-refractivity contribution in [3.63, 3.8) is 0 Å².